The summed E-state index contributed by atoms with van der Waals surface area (Å²) in [6.07, 6.45) is 3.72. The van der Waals surface area contributed by atoms with Gasteiger partial charge in [-0.05, 0) is 55.3 Å². The maximum absolute atomic E-state index is 12.3. The number of alkyl halides is 3. The van der Waals surface area contributed by atoms with Crippen molar-refractivity contribution >= 4 is 11.8 Å². The van der Waals surface area contributed by atoms with Crippen LogP contribution in [0.4, 0.5) is 13.2 Å². The molecule has 116 valence electrons. The summed E-state index contributed by atoms with van der Waals surface area (Å²) in [5.41, 5.74) is -3.17. The van der Waals surface area contributed by atoms with Gasteiger partial charge >= 0.3 is 5.51 Å². The molecule has 2 atom stereocenters. The molecule has 0 radical (unpaired) electrons. The minimum atomic E-state index is -4.21. The van der Waals surface area contributed by atoms with Gasteiger partial charge in [0.2, 0.25) is 0 Å². The van der Waals surface area contributed by atoms with Crippen molar-refractivity contribution in [1.29, 1.82) is 0 Å². The van der Waals surface area contributed by atoms with Crippen LogP contribution < -0.4 is 5.32 Å². The Kier molecular flexibility index (Phi) is 4.47. The molecule has 2 saturated heterocycles. The van der Waals surface area contributed by atoms with E-state index in [0.717, 1.165) is 12.1 Å². The van der Waals surface area contributed by atoms with Gasteiger partial charge in [0.05, 0.1) is 0 Å². The molecule has 3 rings (SSSR count). The van der Waals surface area contributed by atoms with E-state index >= 15 is 0 Å². The number of nitrogens with one attached hydrogen (secondary N) is 1. The third-order valence-electron chi connectivity index (χ3n) is 4.33. The minimum absolute atomic E-state index is 0.0617. The molecule has 0 saturated carbocycles. The summed E-state index contributed by atoms with van der Waals surface area (Å²) in [7, 11) is 0. The molecule has 2 aliphatic rings. The zero-order valence-electron chi connectivity index (χ0n) is 11.7. The second-order valence-corrected chi connectivity index (χ2v) is 6.85. The van der Waals surface area contributed by atoms with E-state index < -0.39 is 5.51 Å². The molecule has 2 heterocycles. The number of rotatable bonds is 4. The second kappa shape index (κ2) is 6.18. The van der Waals surface area contributed by atoms with Crippen molar-refractivity contribution < 1.29 is 13.2 Å². The summed E-state index contributed by atoms with van der Waals surface area (Å²) in [5.74, 6) is 0. The Labute approximate surface area is 127 Å². The van der Waals surface area contributed by atoms with Crippen LogP contribution >= 0.6 is 11.8 Å². The molecule has 2 nitrogen and oxygen atoms in total. The molecular weight excluding hydrogens is 297 g/mol. The van der Waals surface area contributed by atoms with Gasteiger partial charge in [-0.2, -0.15) is 13.2 Å². The fourth-order valence-electron chi connectivity index (χ4n) is 3.38. The van der Waals surface area contributed by atoms with Gasteiger partial charge in [-0.25, -0.2) is 0 Å². The number of hydrogen-bond donors (Lipinski definition) is 1. The van der Waals surface area contributed by atoms with E-state index in [1.165, 1.54) is 32.4 Å². The maximum Gasteiger partial charge on any atom is 0.446 e. The summed E-state index contributed by atoms with van der Waals surface area (Å²) >= 11 is -0.0617. The number of hydrogen-bond acceptors (Lipinski definition) is 3. The zero-order chi connectivity index (χ0) is 14.9. The van der Waals surface area contributed by atoms with Crippen molar-refractivity contribution in [1.82, 2.24) is 10.2 Å². The van der Waals surface area contributed by atoms with E-state index in [1.54, 1.807) is 24.3 Å². The molecule has 1 aromatic carbocycles. The summed E-state index contributed by atoms with van der Waals surface area (Å²) in [4.78, 5) is 2.79. The fraction of sp³-hybridized carbons (Fsp3) is 0.600. The lowest BCUT2D eigenvalue weighted by molar-refractivity contribution is -0.0328. The minimum Gasteiger partial charge on any atom is -0.308 e. The van der Waals surface area contributed by atoms with Crippen molar-refractivity contribution in [2.45, 2.75) is 48.3 Å². The van der Waals surface area contributed by atoms with Gasteiger partial charge in [-0.3, -0.25) is 4.90 Å². The van der Waals surface area contributed by atoms with Gasteiger partial charge < -0.3 is 5.32 Å². The first-order valence-electron chi connectivity index (χ1n) is 7.33. The summed E-state index contributed by atoms with van der Waals surface area (Å²) in [6.45, 7) is 3.11. The Morgan fingerprint density at radius 1 is 1.14 bits per heavy atom. The smallest absolute Gasteiger partial charge is 0.308 e. The number of halogens is 3. The van der Waals surface area contributed by atoms with E-state index in [2.05, 4.69) is 10.2 Å². The largest absolute Gasteiger partial charge is 0.446 e. The van der Waals surface area contributed by atoms with Crippen molar-refractivity contribution in [3.8, 4) is 0 Å². The van der Waals surface area contributed by atoms with E-state index in [-0.39, 0.29) is 16.7 Å². The average Bonchev–Trinajstić information content (AvgIpc) is 2.99. The molecule has 21 heavy (non-hydrogen) atoms. The second-order valence-electron chi connectivity index (χ2n) is 5.71. The van der Waals surface area contributed by atoms with Gasteiger partial charge in [0.25, 0.3) is 0 Å². The monoisotopic (exact) mass is 316 g/mol. The predicted molar refractivity (Wildman–Crippen MR) is 78.2 cm³/mol. The standard InChI is InChI=1S/C15H19F3N2S/c16-15(17,18)21-12-5-3-11(4-6-12)10-19-13-7-9-20-8-1-2-14(13)20/h3-6,13-14,19H,1-2,7-10H2. The molecule has 2 aliphatic heterocycles. The van der Waals surface area contributed by atoms with E-state index in [1.807, 2.05) is 0 Å². The van der Waals surface area contributed by atoms with E-state index in [0.29, 0.717) is 12.1 Å². The highest BCUT2D eigenvalue weighted by Gasteiger charge is 2.36. The molecule has 1 N–H and O–H groups in total. The van der Waals surface area contributed by atoms with Crippen molar-refractivity contribution in [3.05, 3.63) is 29.8 Å². The molecular formula is C15H19F3N2S. The summed E-state index contributed by atoms with van der Waals surface area (Å²) < 4.78 is 36.8. The lowest BCUT2D eigenvalue weighted by atomic mass is 10.1. The predicted octanol–water partition coefficient (Wildman–Crippen LogP) is 3.62. The number of benzene rings is 1. The Morgan fingerprint density at radius 2 is 1.90 bits per heavy atom. The Hall–Kier alpha value is -0.720. The van der Waals surface area contributed by atoms with Gasteiger partial charge in [0.1, 0.15) is 0 Å². The highest BCUT2D eigenvalue weighted by Crippen LogP contribution is 2.36. The highest BCUT2D eigenvalue weighted by molar-refractivity contribution is 8.00. The third kappa shape index (κ3) is 3.93. The molecule has 2 unspecified atom stereocenters. The lowest BCUT2D eigenvalue weighted by Gasteiger charge is -2.21. The van der Waals surface area contributed by atoms with Crippen LogP contribution in [0.1, 0.15) is 24.8 Å². The van der Waals surface area contributed by atoms with Crippen LogP contribution in [-0.4, -0.2) is 35.6 Å². The first-order chi connectivity index (χ1) is 10.0. The van der Waals surface area contributed by atoms with Crippen LogP contribution in [0.15, 0.2) is 29.2 Å². The third-order valence-corrected chi connectivity index (χ3v) is 5.07. The molecule has 0 aromatic heterocycles. The van der Waals surface area contributed by atoms with E-state index in [9.17, 15) is 13.2 Å². The number of nitrogens with zero attached hydrogens (tertiary/aromatic N) is 1. The van der Waals surface area contributed by atoms with Gasteiger partial charge in [-0.15, -0.1) is 0 Å². The summed E-state index contributed by atoms with van der Waals surface area (Å²) in [5, 5.41) is 3.57. The van der Waals surface area contributed by atoms with Gasteiger partial charge in [-0.1, -0.05) is 12.1 Å². The lowest BCUT2D eigenvalue weighted by Crippen LogP contribution is -2.38. The highest BCUT2D eigenvalue weighted by atomic mass is 32.2. The maximum atomic E-state index is 12.3. The topological polar surface area (TPSA) is 15.3 Å². The van der Waals surface area contributed by atoms with Crippen molar-refractivity contribution in [2.75, 3.05) is 13.1 Å². The normalized spacial score (nSPS) is 26.2. The number of fused-ring (bicyclic) bond motifs is 1. The van der Waals surface area contributed by atoms with Crippen LogP contribution in [-0.2, 0) is 6.54 Å². The molecule has 0 amide bonds. The fourth-order valence-corrected chi connectivity index (χ4v) is 3.92. The van der Waals surface area contributed by atoms with Gasteiger partial charge in [0.15, 0.2) is 0 Å². The first kappa shape index (κ1) is 15.2. The Morgan fingerprint density at radius 3 is 2.62 bits per heavy atom. The SMILES string of the molecule is FC(F)(F)Sc1ccc(CNC2CCN3CCCC23)cc1. The molecule has 0 aliphatic carbocycles. The van der Waals surface area contributed by atoms with Crippen LogP contribution in [0, 0.1) is 0 Å². The quantitative estimate of drug-likeness (QED) is 0.854. The zero-order valence-corrected chi connectivity index (χ0v) is 12.5. The Bertz CT molecular complexity index is 475. The van der Waals surface area contributed by atoms with Crippen LogP contribution in [0.2, 0.25) is 0 Å². The summed E-state index contributed by atoms with van der Waals surface area (Å²) in [6, 6.07) is 7.84. The van der Waals surface area contributed by atoms with E-state index in [4.69, 9.17) is 0 Å². The molecule has 0 spiro atoms. The van der Waals surface area contributed by atoms with Crippen LogP contribution in [0.5, 0.6) is 0 Å². The molecule has 2 fully saturated rings. The average molecular weight is 316 g/mol. The van der Waals surface area contributed by atoms with Crippen molar-refractivity contribution in [2.24, 2.45) is 0 Å². The number of thioether (sulfide) groups is 1. The Balaban J connectivity index is 1.51. The molecule has 1 aromatic rings. The van der Waals surface area contributed by atoms with Crippen LogP contribution in [0.3, 0.4) is 0 Å². The molecule has 0 bridgehead atoms. The molecule has 6 heteroatoms. The van der Waals surface area contributed by atoms with Crippen molar-refractivity contribution in [3.63, 3.8) is 0 Å². The van der Waals surface area contributed by atoms with Crippen LogP contribution in [0.25, 0.3) is 0 Å². The first-order valence-corrected chi connectivity index (χ1v) is 8.15. The van der Waals surface area contributed by atoms with Gasteiger partial charge in [0, 0.05) is 30.1 Å².